The topological polar surface area (TPSA) is 123 Å². The van der Waals surface area contributed by atoms with Crippen molar-refractivity contribution in [1.29, 1.82) is 0 Å². The summed E-state index contributed by atoms with van der Waals surface area (Å²) < 4.78 is 7.99. The summed E-state index contributed by atoms with van der Waals surface area (Å²) >= 11 is 12.2. The quantitative estimate of drug-likeness (QED) is 0.149. The molecule has 2 aliphatic rings. The van der Waals surface area contributed by atoms with Crippen molar-refractivity contribution in [2.24, 2.45) is 0 Å². The highest BCUT2D eigenvalue weighted by molar-refractivity contribution is 6.30. The zero-order chi connectivity index (χ0) is 37.8. The Bertz CT molecular complexity index is 2300. The minimum atomic E-state index is -0.0844. The molecule has 10 rings (SSSR count). The van der Waals surface area contributed by atoms with Crippen LogP contribution in [-0.4, -0.2) is 59.5 Å². The Morgan fingerprint density at radius 1 is 0.482 bits per heavy atom. The van der Waals surface area contributed by atoms with E-state index >= 15 is 0 Å². The van der Waals surface area contributed by atoms with Crippen LogP contribution in [0.15, 0.2) is 110 Å². The van der Waals surface area contributed by atoms with Gasteiger partial charge < -0.3 is 0 Å². The Balaban J connectivity index is 0.000000146. The van der Waals surface area contributed by atoms with Crippen LogP contribution in [-0.2, 0) is 0 Å². The third kappa shape index (κ3) is 7.55. The minimum absolute atomic E-state index is 0.0844. The maximum Gasteiger partial charge on any atom is 0.137 e. The highest BCUT2D eigenvalue weighted by Crippen LogP contribution is 2.35. The Morgan fingerprint density at radius 2 is 0.875 bits per heavy atom. The number of nitrogens with zero attached hydrogens (tertiary/aromatic N) is 12. The third-order valence-corrected chi connectivity index (χ3v) is 11.7. The third-order valence-electron chi connectivity index (χ3n) is 11.2. The van der Waals surface area contributed by atoms with Crippen LogP contribution in [0.5, 0.6) is 0 Å². The van der Waals surface area contributed by atoms with Crippen LogP contribution in [0.25, 0.3) is 22.1 Å². The maximum atomic E-state index is 6.10. The van der Waals surface area contributed by atoms with Gasteiger partial charge in [-0.2, -0.15) is 10.2 Å². The van der Waals surface area contributed by atoms with Crippen LogP contribution < -0.4 is 0 Å². The molecule has 2 fully saturated rings. The zero-order valence-corrected chi connectivity index (χ0v) is 32.4. The Kier molecular flexibility index (Phi) is 10.6. The van der Waals surface area contributed by atoms with E-state index in [2.05, 4.69) is 86.6 Å². The van der Waals surface area contributed by atoms with Gasteiger partial charge >= 0.3 is 0 Å². The molecule has 4 aromatic heterocycles. The number of benzene rings is 4. The largest absolute Gasteiger partial charge is 0.242 e. The number of hydrogen-bond donors (Lipinski definition) is 0. The predicted octanol–water partition coefficient (Wildman–Crippen LogP) is 9.64. The van der Waals surface area contributed by atoms with E-state index in [1.54, 1.807) is 25.3 Å². The molecule has 8 aromatic rings. The Hall–Kier alpha value is -5.46. The van der Waals surface area contributed by atoms with Crippen LogP contribution in [0.4, 0.5) is 0 Å². The molecular formula is C42H42Cl2N12. The number of fused-ring (bicyclic) bond motifs is 2. The van der Waals surface area contributed by atoms with Crippen molar-refractivity contribution in [1.82, 2.24) is 59.5 Å². The molecule has 0 spiro atoms. The van der Waals surface area contributed by atoms with E-state index in [4.69, 9.17) is 23.2 Å². The average molecular weight is 786 g/mol. The molecule has 0 unspecified atom stereocenters. The summed E-state index contributed by atoms with van der Waals surface area (Å²) in [6.07, 6.45) is 19.0. The van der Waals surface area contributed by atoms with Gasteiger partial charge in [0, 0.05) is 10.0 Å². The number of aromatic nitrogens is 12. The second kappa shape index (κ2) is 16.3. The molecule has 56 heavy (non-hydrogen) atoms. The van der Waals surface area contributed by atoms with Gasteiger partial charge in [-0.1, -0.05) is 109 Å². The molecule has 0 amide bonds. The van der Waals surface area contributed by atoms with Crippen molar-refractivity contribution in [2.45, 2.75) is 88.4 Å². The molecule has 0 N–H and O–H groups in total. The number of rotatable bonds is 8. The van der Waals surface area contributed by atoms with Crippen molar-refractivity contribution in [3.05, 3.63) is 143 Å². The summed E-state index contributed by atoms with van der Waals surface area (Å²) in [6.45, 7) is 0. The highest BCUT2D eigenvalue weighted by atomic mass is 35.5. The van der Waals surface area contributed by atoms with Gasteiger partial charge in [-0.25, -0.2) is 28.7 Å². The minimum Gasteiger partial charge on any atom is -0.242 e. The summed E-state index contributed by atoms with van der Waals surface area (Å²) in [6, 6.07) is 29.2. The Morgan fingerprint density at radius 3 is 1.25 bits per heavy atom. The van der Waals surface area contributed by atoms with Crippen LogP contribution in [0, 0.1) is 0 Å². The van der Waals surface area contributed by atoms with E-state index in [1.807, 2.05) is 57.9 Å². The molecule has 284 valence electrons. The first-order valence-electron chi connectivity index (χ1n) is 19.5. The molecule has 0 saturated heterocycles. The van der Waals surface area contributed by atoms with Crippen molar-refractivity contribution in [2.75, 3.05) is 0 Å². The Labute approximate surface area is 334 Å². The van der Waals surface area contributed by atoms with Gasteiger partial charge in [-0.15, -0.1) is 10.2 Å². The van der Waals surface area contributed by atoms with E-state index in [0.717, 1.165) is 54.4 Å². The lowest BCUT2D eigenvalue weighted by Gasteiger charge is -2.22. The van der Waals surface area contributed by atoms with Crippen molar-refractivity contribution >= 4 is 45.3 Å². The zero-order valence-electron chi connectivity index (χ0n) is 30.9. The van der Waals surface area contributed by atoms with Crippen LogP contribution >= 0.6 is 23.2 Å². The van der Waals surface area contributed by atoms with Crippen LogP contribution in [0.3, 0.4) is 0 Å². The van der Waals surface area contributed by atoms with E-state index in [1.165, 1.54) is 64.2 Å². The van der Waals surface area contributed by atoms with E-state index in [-0.39, 0.29) is 12.1 Å². The van der Waals surface area contributed by atoms with Gasteiger partial charge in [0.1, 0.15) is 48.4 Å². The fourth-order valence-electron chi connectivity index (χ4n) is 8.42. The molecule has 0 bridgehead atoms. The van der Waals surface area contributed by atoms with E-state index in [0.29, 0.717) is 12.1 Å². The summed E-state index contributed by atoms with van der Waals surface area (Å²) in [5, 5.41) is 28.0. The lowest BCUT2D eigenvalue weighted by molar-refractivity contribution is 0.331. The normalized spacial score (nSPS) is 16.5. The first-order valence-corrected chi connectivity index (χ1v) is 20.2. The molecule has 0 radical (unpaired) electrons. The molecule has 2 aliphatic carbocycles. The fourth-order valence-corrected chi connectivity index (χ4v) is 8.68. The molecule has 4 heterocycles. The monoisotopic (exact) mass is 784 g/mol. The number of hydrogen-bond acceptors (Lipinski definition) is 8. The first-order chi connectivity index (χ1) is 27.6. The van der Waals surface area contributed by atoms with Crippen LogP contribution in [0.2, 0.25) is 10.0 Å². The molecule has 2 saturated carbocycles. The molecule has 12 nitrogen and oxygen atoms in total. The first kappa shape index (κ1) is 36.2. The summed E-state index contributed by atoms with van der Waals surface area (Å²) in [5.41, 5.74) is 8.49. The van der Waals surface area contributed by atoms with E-state index < -0.39 is 0 Å². The standard InChI is InChI=1S/2C21H21ClN6/c2*22-17-9-6-15(7-10-17)21(27-14-23-13-24-27)16-8-11-19-20(12-16)28(26-25-19)18-4-2-1-3-5-18/h2*6-14,18,21H,1-5H2/t2*21-/m10/s1. The highest BCUT2D eigenvalue weighted by Gasteiger charge is 2.24. The molecule has 0 aliphatic heterocycles. The van der Waals surface area contributed by atoms with E-state index in [9.17, 15) is 0 Å². The molecule has 2 atom stereocenters. The van der Waals surface area contributed by atoms with Gasteiger partial charge in [-0.3, -0.25) is 0 Å². The molecule has 14 heteroatoms. The van der Waals surface area contributed by atoms with Crippen molar-refractivity contribution < 1.29 is 0 Å². The van der Waals surface area contributed by atoms with Crippen molar-refractivity contribution in [3.8, 4) is 0 Å². The van der Waals surface area contributed by atoms with Gasteiger partial charge in [-0.05, 0) is 96.5 Å². The van der Waals surface area contributed by atoms with Crippen molar-refractivity contribution in [3.63, 3.8) is 0 Å². The predicted molar refractivity (Wildman–Crippen MR) is 217 cm³/mol. The smallest absolute Gasteiger partial charge is 0.137 e. The van der Waals surface area contributed by atoms with Gasteiger partial charge in [0.2, 0.25) is 0 Å². The molecular weight excluding hydrogens is 743 g/mol. The average Bonchev–Trinajstić information content (AvgIpc) is 4.09. The SMILES string of the molecule is Clc1ccc([C@@H](c2ccc3nnn(C4CCCCC4)c3c2)n2cncn2)cc1.Clc1ccc([C@H](c2ccc3nnn(C4CCCCC4)c3c2)n2cncn2)cc1. The fraction of sp³-hybridized carbons (Fsp3) is 0.333. The van der Waals surface area contributed by atoms with Gasteiger partial charge in [0.05, 0.1) is 23.1 Å². The molecule has 4 aromatic carbocycles. The summed E-state index contributed by atoms with van der Waals surface area (Å²) in [7, 11) is 0. The van der Waals surface area contributed by atoms with Gasteiger partial charge in [0.15, 0.2) is 0 Å². The summed E-state index contributed by atoms with van der Waals surface area (Å²) in [5.74, 6) is 0. The van der Waals surface area contributed by atoms with Gasteiger partial charge in [0.25, 0.3) is 0 Å². The van der Waals surface area contributed by atoms with Crippen LogP contribution in [0.1, 0.15) is 111 Å². The number of halogens is 2. The lowest BCUT2D eigenvalue weighted by atomic mass is 9.95. The lowest BCUT2D eigenvalue weighted by Crippen LogP contribution is -2.15. The second-order valence-corrected chi connectivity index (χ2v) is 15.7. The second-order valence-electron chi connectivity index (χ2n) is 14.8. The maximum absolute atomic E-state index is 6.10. The summed E-state index contributed by atoms with van der Waals surface area (Å²) in [4.78, 5) is 8.30.